The molecule has 1 N–H and O–H groups in total. The van der Waals surface area contributed by atoms with E-state index in [1.54, 1.807) is 6.07 Å². The Kier molecular flexibility index (Phi) is 5.86. The van der Waals surface area contributed by atoms with E-state index in [2.05, 4.69) is 14.1 Å². The fraction of sp³-hybridized carbons (Fsp3) is 0.300. The summed E-state index contributed by atoms with van der Waals surface area (Å²) < 4.78 is 77.8. The number of benzene rings is 2. The SMILES string of the molecule is COc1cc(C(F)(F)F)ccc1-c1cccc2c1C(C)CN(S(=O)(=O)Nc1ncns1)C2. The zero-order chi connectivity index (χ0) is 23.1. The Labute approximate surface area is 187 Å². The van der Waals surface area contributed by atoms with Crippen LogP contribution in [0.25, 0.3) is 11.1 Å². The lowest BCUT2D eigenvalue weighted by atomic mass is 9.85. The number of fused-ring (bicyclic) bond motifs is 1. The number of hydrogen-bond acceptors (Lipinski definition) is 6. The van der Waals surface area contributed by atoms with E-state index in [4.69, 9.17) is 4.74 Å². The summed E-state index contributed by atoms with van der Waals surface area (Å²) in [4.78, 5) is 3.85. The topological polar surface area (TPSA) is 84.4 Å². The molecular weight excluding hydrogens is 465 g/mol. The Bertz CT molecular complexity index is 1230. The van der Waals surface area contributed by atoms with E-state index in [1.807, 2.05) is 19.1 Å². The van der Waals surface area contributed by atoms with Gasteiger partial charge >= 0.3 is 16.4 Å². The molecule has 0 radical (unpaired) electrons. The van der Waals surface area contributed by atoms with Gasteiger partial charge in [-0.05, 0) is 34.7 Å². The third-order valence-electron chi connectivity index (χ3n) is 5.25. The maximum absolute atomic E-state index is 13.1. The molecule has 170 valence electrons. The van der Waals surface area contributed by atoms with Gasteiger partial charge in [0.05, 0.1) is 12.7 Å². The van der Waals surface area contributed by atoms with Gasteiger partial charge in [0.15, 0.2) is 0 Å². The van der Waals surface area contributed by atoms with Crippen LogP contribution in [0.1, 0.15) is 29.5 Å². The first kappa shape index (κ1) is 22.5. The number of anilines is 1. The average Bonchev–Trinajstić information content (AvgIpc) is 3.24. The van der Waals surface area contributed by atoms with E-state index < -0.39 is 21.9 Å². The first-order valence-corrected chi connectivity index (χ1v) is 11.7. The smallest absolute Gasteiger partial charge is 0.416 e. The van der Waals surface area contributed by atoms with Gasteiger partial charge in [-0.15, -0.1) is 0 Å². The molecule has 0 aliphatic carbocycles. The van der Waals surface area contributed by atoms with Crippen molar-refractivity contribution in [1.82, 2.24) is 13.7 Å². The van der Waals surface area contributed by atoms with E-state index in [9.17, 15) is 21.6 Å². The van der Waals surface area contributed by atoms with Gasteiger partial charge in [0.2, 0.25) is 5.13 Å². The molecule has 1 aliphatic heterocycles. The molecule has 1 unspecified atom stereocenters. The molecular formula is C20H19F3N4O3S2. The third kappa shape index (κ3) is 4.30. The van der Waals surface area contributed by atoms with E-state index in [-0.39, 0.29) is 29.9 Å². The number of nitrogens with one attached hydrogen (secondary N) is 1. The Hall–Kier alpha value is -2.70. The highest BCUT2D eigenvalue weighted by Gasteiger charge is 2.34. The van der Waals surface area contributed by atoms with Crippen LogP contribution in [0.3, 0.4) is 0 Å². The summed E-state index contributed by atoms with van der Waals surface area (Å²) in [6, 6.07) is 8.78. The summed E-state index contributed by atoms with van der Waals surface area (Å²) in [6.45, 7) is 2.19. The molecule has 32 heavy (non-hydrogen) atoms. The highest BCUT2D eigenvalue weighted by Crippen LogP contribution is 2.42. The Balaban J connectivity index is 1.71. The van der Waals surface area contributed by atoms with Gasteiger partial charge < -0.3 is 4.74 Å². The molecule has 7 nitrogen and oxygen atoms in total. The predicted molar refractivity (Wildman–Crippen MR) is 115 cm³/mol. The lowest BCUT2D eigenvalue weighted by molar-refractivity contribution is -0.137. The Morgan fingerprint density at radius 1 is 1.22 bits per heavy atom. The molecule has 0 amide bonds. The highest BCUT2D eigenvalue weighted by atomic mass is 32.2. The lowest BCUT2D eigenvalue weighted by Crippen LogP contribution is -2.41. The first-order valence-electron chi connectivity index (χ1n) is 9.52. The van der Waals surface area contributed by atoms with Crippen molar-refractivity contribution in [3.05, 3.63) is 59.4 Å². The molecule has 4 rings (SSSR count). The highest BCUT2D eigenvalue weighted by molar-refractivity contribution is 7.90. The second-order valence-electron chi connectivity index (χ2n) is 7.34. The molecule has 2 aromatic carbocycles. The van der Waals surface area contributed by atoms with Crippen molar-refractivity contribution >= 4 is 26.9 Å². The van der Waals surface area contributed by atoms with Gasteiger partial charge in [-0.3, -0.25) is 0 Å². The number of ether oxygens (including phenoxy) is 1. The lowest BCUT2D eigenvalue weighted by Gasteiger charge is -2.33. The molecule has 1 aromatic heterocycles. The normalized spacial score (nSPS) is 17.1. The van der Waals surface area contributed by atoms with Gasteiger partial charge in [0, 0.05) is 30.2 Å². The second kappa shape index (κ2) is 8.34. The molecule has 0 saturated carbocycles. The van der Waals surface area contributed by atoms with E-state index in [0.717, 1.165) is 40.4 Å². The number of halogens is 3. The van der Waals surface area contributed by atoms with Crippen molar-refractivity contribution in [3.63, 3.8) is 0 Å². The molecule has 12 heteroatoms. The van der Waals surface area contributed by atoms with Crippen molar-refractivity contribution in [2.24, 2.45) is 0 Å². The zero-order valence-electron chi connectivity index (χ0n) is 17.0. The maximum atomic E-state index is 13.1. The van der Waals surface area contributed by atoms with Crippen molar-refractivity contribution in [2.75, 3.05) is 18.4 Å². The molecule has 2 heterocycles. The second-order valence-corrected chi connectivity index (χ2v) is 9.79. The summed E-state index contributed by atoms with van der Waals surface area (Å²) in [5.41, 5.74) is 2.09. The zero-order valence-corrected chi connectivity index (χ0v) is 18.7. The minimum atomic E-state index is -4.48. The number of rotatable bonds is 5. The monoisotopic (exact) mass is 484 g/mol. The standard InChI is InChI=1S/C20H19F3N4O3S2/c1-12-9-27(32(28,29)26-19-24-11-25-31-19)10-13-4-3-5-16(18(12)13)15-7-6-14(20(21,22)23)8-17(15)30-2/h3-8,11-12H,9-10H2,1-2H3,(H,24,25,26). The van der Waals surface area contributed by atoms with E-state index in [0.29, 0.717) is 5.56 Å². The third-order valence-corrected chi connectivity index (χ3v) is 7.37. The molecule has 1 atom stereocenters. The van der Waals surface area contributed by atoms with Gasteiger partial charge in [-0.1, -0.05) is 31.2 Å². The molecule has 0 bridgehead atoms. The fourth-order valence-electron chi connectivity index (χ4n) is 3.89. The quantitative estimate of drug-likeness (QED) is 0.576. The molecule has 0 fully saturated rings. The summed E-state index contributed by atoms with van der Waals surface area (Å²) in [7, 11) is -2.53. The van der Waals surface area contributed by atoms with Gasteiger partial charge in [-0.2, -0.15) is 30.3 Å². The van der Waals surface area contributed by atoms with Crippen molar-refractivity contribution in [3.8, 4) is 16.9 Å². The molecule has 0 saturated heterocycles. The largest absolute Gasteiger partial charge is 0.496 e. The fourth-order valence-corrected chi connectivity index (χ4v) is 5.77. The van der Waals surface area contributed by atoms with E-state index >= 15 is 0 Å². The minimum absolute atomic E-state index is 0.105. The van der Waals surface area contributed by atoms with Crippen LogP contribution in [0.5, 0.6) is 5.75 Å². The predicted octanol–water partition coefficient (Wildman–Crippen LogP) is 4.51. The van der Waals surface area contributed by atoms with Crippen LogP contribution >= 0.6 is 11.5 Å². The average molecular weight is 485 g/mol. The summed E-state index contributed by atoms with van der Waals surface area (Å²) in [6.07, 6.45) is -3.22. The number of hydrogen-bond donors (Lipinski definition) is 1. The number of alkyl halides is 3. The molecule has 1 aliphatic rings. The summed E-state index contributed by atoms with van der Waals surface area (Å²) in [5.74, 6) is -0.110. The van der Waals surface area contributed by atoms with Crippen LogP contribution in [0.2, 0.25) is 0 Å². The van der Waals surface area contributed by atoms with Gasteiger partial charge in [-0.25, -0.2) is 9.71 Å². The van der Waals surface area contributed by atoms with Crippen molar-refractivity contribution in [2.45, 2.75) is 25.6 Å². The van der Waals surface area contributed by atoms with Crippen molar-refractivity contribution in [1.29, 1.82) is 0 Å². The maximum Gasteiger partial charge on any atom is 0.416 e. The van der Waals surface area contributed by atoms with Crippen LogP contribution < -0.4 is 9.46 Å². The van der Waals surface area contributed by atoms with Crippen LogP contribution in [0, 0.1) is 0 Å². The Morgan fingerprint density at radius 3 is 2.66 bits per heavy atom. The molecule has 3 aromatic rings. The van der Waals surface area contributed by atoms with Crippen LogP contribution in [-0.2, 0) is 22.9 Å². The van der Waals surface area contributed by atoms with Crippen molar-refractivity contribution < 1.29 is 26.3 Å². The van der Waals surface area contributed by atoms with Crippen LogP contribution in [-0.4, -0.2) is 35.7 Å². The number of aromatic nitrogens is 2. The Morgan fingerprint density at radius 2 is 2.00 bits per heavy atom. The van der Waals surface area contributed by atoms with E-state index in [1.165, 1.54) is 23.8 Å². The number of methoxy groups -OCH3 is 1. The van der Waals surface area contributed by atoms with Crippen LogP contribution in [0.4, 0.5) is 18.3 Å². The molecule has 0 spiro atoms. The number of nitrogens with zero attached hydrogens (tertiary/aromatic N) is 3. The van der Waals surface area contributed by atoms with Crippen LogP contribution in [0.15, 0.2) is 42.7 Å². The summed E-state index contributed by atoms with van der Waals surface area (Å²) >= 11 is 0.935. The minimum Gasteiger partial charge on any atom is -0.496 e. The first-order chi connectivity index (χ1) is 15.1. The van der Waals surface area contributed by atoms with Gasteiger partial charge in [0.1, 0.15) is 12.1 Å². The van der Waals surface area contributed by atoms with Gasteiger partial charge in [0.25, 0.3) is 0 Å². The summed E-state index contributed by atoms with van der Waals surface area (Å²) in [5, 5.41) is 0.173.